The van der Waals surface area contributed by atoms with E-state index in [4.69, 9.17) is 5.11 Å². The minimum atomic E-state index is -3.54. The molecule has 0 radical (unpaired) electrons. The maximum atomic E-state index is 11.5. The van der Waals surface area contributed by atoms with Gasteiger partial charge in [0.1, 0.15) is 0 Å². The zero-order chi connectivity index (χ0) is 13.2. The third-order valence-electron chi connectivity index (χ3n) is 2.41. The van der Waals surface area contributed by atoms with Crippen molar-refractivity contribution >= 4 is 16.2 Å². The number of aromatic nitrogens is 1. The number of pyridine rings is 1. The SMILES string of the molecule is O=C(O)c1ccnc(CNS(=O)(=O)NC2CC2)c1. The van der Waals surface area contributed by atoms with E-state index in [-0.39, 0.29) is 18.2 Å². The predicted octanol–water partition coefficient (Wildman–Crippen LogP) is -0.134. The van der Waals surface area contributed by atoms with E-state index in [1.807, 2.05) is 0 Å². The number of carboxylic acid groups (broad SMARTS) is 1. The summed E-state index contributed by atoms with van der Waals surface area (Å²) in [6, 6.07) is 2.71. The molecule has 1 heterocycles. The molecule has 0 spiro atoms. The highest BCUT2D eigenvalue weighted by atomic mass is 32.2. The maximum absolute atomic E-state index is 11.5. The topological polar surface area (TPSA) is 108 Å². The van der Waals surface area contributed by atoms with E-state index in [0.29, 0.717) is 5.69 Å². The second-order valence-corrected chi connectivity index (χ2v) is 5.59. The first-order valence-corrected chi connectivity index (χ1v) is 6.90. The number of nitrogens with zero attached hydrogens (tertiary/aromatic N) is 1. The van der Waals surface area contributed by atoms with Crippen LogP contribution in [0.4, 0.5) is 0 Å². The summed E-state index contributed by atoms with van der Waals surface area (Å²) in [4.78, 5) is 14.6. The van der Waals surface area contributed by atoms with Crippen molar-refractivity contribution in [2.75, 3.05) is 0 Å². The maximum Gasteiger partial charge on any atom is 0.335 e. The van der Waals surface area contributed by atoms with Crippen LogP contribution in [-0.4, -0.2) is 30.5 Å². The van der Waals surface area contributed by atoms with Gasteiger partial charge in [0, 0.05) is 12.2 Å². The highest BCUT2D eigenvalue weighted by Crippen LogP contribution is 2.19. The van der Waals surface area contributed by atoms with Crippen LogP contribution >= 0.6 is 0 Å². The van der Waals surface area contributed by atoms with Crippen LogP contribution in [-0.2, 0) is 16.8 Å². The van der Waals surface area contributed by atoms with Gasteiger partial charge in [-0.25, -0.2) is 4.79 Å². The van der Waals surface area contributed by atoms with Crippen molar-refractivity contribution in [1.29, 1.82) is 0 Å². The van der Waals surface area contributed by atoms with Crippen molar-refractivity contribution in [3.63, 3.8) is 0 Å². The average molecular weight is 271 g/mol. The molecule has 1 aromatic heterocycles. The minimum absolute atomic E-state index is 0.0285. The Morgan fingerprint density at radius 2 is 2.22 bits per heavy atom. The Kier molecular flexibility index (Phi) is 3.60. The smallest absolute Gasteiger partial charge is 0.335 e. The molecule has 0 bridgehead atoms. The highest BCUT2D eigenvalue weighted by molar-refractivity contribution is 7.87. The van der Waals surface area contributed by atoms with Gasteiger partial charge in [0.2, 0.25) is 0 Å². The van der Waals surface area contributed by atoms with E-state index in [1.54, 1.807) is 0 Å². The van der Waals surface area contributed by atoms with Crippen LogP contribution in [0.5, 0.6) is 0 Å². The second-order valence-electron chi connectivity index (χ2n) is 4.06. The zero-order valence-corrected chi connectivity index (χ0v) is 10.3. The monoisotopic (exact) mass is 271 g/mol. The molecule has 1 aliphatic carbocycles. The first kappa shape index (κ1) is 12.9. The normalized spacial score (nSPS) is 15.6. The van der Waals surface area contributed by atoms with Gasteiger partial charge in [0.05, 0.1) is 17.8 Å². The van der Waals surface area contributed by atoms with Gasteiger partial charge in [0.15, 0.2) is 0 Å². The molecule has 0 aliphatic heterocycles. The molecule has 7 nitrogen and oxygen atoms in total. The molecule has 3 N–H and O–H groups in total. The van der Waals surface area contributed by atoms with Crippen molar-refractivity contribution in [3.05, 3.63) is 29.6 Å². The summed E-state index contributed by atoms with van der Waals surface area (Å²) in [5.74, 6) is -1.07. The fraction of sp³-hybridized carbons (Fsp3) is 0.400. The van der Waals surface area contributed by atoms with Crippen LogP contribution in [0.3, 0.4) is 0 Å². The first-order valence-electron chi connectivity index (χ1n) is 5.41. The molecule has 1 aliphatic rings. The molecule has 2 rings (SSSR count). The molecule has 0 amide bonds. The summed E-state index contributed by atoms with van der Waals surface area (Å²) in [5, 5.41) is 8.79. The van der Waals surface area contributed by atoms with Crippen molar-refractivity contribution < 1.29 is 18.3 Å². The lowest BCUT2D eigenvalue weighted by molar-refractivity contribution is 0.0696. The van der Waals surface area contributed by atoms with E-state index in [2.05, 4.69) is 14.4 Å². The molecule has 1 fully saturated rings. The Morgan fingerprint density at radius 1 is 1.50 bits per heavy atom. The Morgan fingerprint density at radius 3 is 2.83 bits per heavy atom. The molecule has 18 heavy (non-hydrogen) atoms. The summed E-state index contributed by atoms with van der Waals surface area (Å²) >= 11 is 0. The van der Waals surface area contributed by atoms with Gasteiger partial charge < -0.3 is 5.11 Å². The quantitative estimate of drug-likeness (QED) is 0.667. The van der Waals surface area contributed by atoms with Crippen molar-refractivity contribution in [1.82, 2.24) is 14.4 Å². The third-order valence-corrected chi connectivity index (χ3v) is 3.57. The largest absolute Gasteiger partial charge is 0.478 e. The minimum Gasteiger partial charge on any atom is -0.478 e. The average Bonchev–Trinajstić information content (AvgIpc) is 3.10. The van der Waals surface area contributed by atoms with Crippen LogP contribution in [0.15, 0.2) is 18.3 Å². The van der Waals surface area contributed by atoms with Gasteiger partial charge in [-0.15, -0.1) is 0 Å². The third kappa shape index (κ3) is 3.76. The Balaban J connectivity index is 1.96. The molecule has 0 unspecified atom stereocenters. The van der Waals surface area contributed by atoms with E-state index in [1.165, 1.54) is 18.3 Å². The van der Waals surface area contributed by atoms with Crippen molar-refractivity contribution in [3.8, 4) is 0 Å². The lowest BCUT2D eigenvalue weighted by Crippen LogP contribution is -2.37. The molecule has 1 saturated carbocycles. The first-order chi connectivity index (χ1) is 8.46. The Labute approximate surface area is 104 Å². The molecule has 1 aromatic rings. The molecule has 0 atom stereocenters. The van der Waals surface area contributed by atoms with Crippen LogP contribution in [0.1, 0.15) is 28.9 Å². The number of aromatic carboxylic acids is 1. The summed E-state index contributed by atoms with van der Waals surface area (Å²) in [6.07, 6.45) is 3.04. The molecule has 0 saturated heterocycles. The second kappa shape index (κ2) is 5.01. The van der Waals surface area contributed by atoms with Gasteiger partial charge in [-0.3, -0.25) is 4.98 Å². The fourth-order valence-corrected chi connectivity index (χ4v) is 2.43. The number of carbonyl (C=O) groups is 1. The zero-order valence-electron chi connectivity index (χ0n) is 9.46. The summed E-state index contributed by atoms with van der Waals surface area (Å²) < 4.78 is 27.8. The van der Waals surface area contributed by atoms with Crippen LogP contribution in [0, 0.1) is 0 Å². The summed E-state index contributed by atoms with van der Waals surface area (Å²) in [6.45, 7) is -0.0385. The highest BCUT2D eigenvalue weighted by Gasteiger charge is 2.26. The van der Waals surface area contributed by atoms with Crippen molar-refractivity contribution in [2.45, 2.75) is 25.4 Å². The van der Waals surface area contributed by atoms with Gasteiger partial charge in [0.25, 0.3) is 10.2 Å². The van der Waals surface area contributed by atoms with Crippen LogP contribution < -0.4 is 9.44 Å². The number of nitrogens with one attached hydrogen (secondary N) is 2. The number of hydrogen-bond donors (Lipinski definition) is 3. The molecular formula is C10H13N3O4S. The van der Waals surface area contributed by atoms with Gasteiger partial charge in [-0.05, 0) is 25.0 Å². The van der Waals surface area contributed by atoms with Gasteiger partial charge >= 0.3 is 5.97 Å². The van der Waals surface area contributed by atoms with E-state index < -0.39 is 16.2 Å². The lowest BCUT2D eigenvalue weighted by Gasteiger charge is -2.07. The summed E-state index contributed by atoms with van der Waals surface area (Å²) in [5.41, 5.74) is 0.436. The lowest BCUT2D eigenvalue weighted by atomic mass is 10.2. The van der Waals surface area contributed by atoms with Gasteiger partial charge in [-0.2, -0.15) is 17.9 Å². The fourth-order valence-electron chi connectivity index (χ4n) is 1.34. The molecule has 8 heteroatoms. The van der Waals surface area contributed by atoms with E-state index in [0.717, 1.165) is 12.8 Å². The van der Waals surface area contributed by atoms with E-state index in [9.17, 15) is 13.2 Å². The predicted molar refractivity (Wildman–Crippen MR) is 63.1 cm³/mol. The van der Waals surface area contributed by atoms with Crippen molar-refractivity contribution in [2.24, 2.45) is 0 Å². The molecular weight excluding hydrogens is 258 g/mol. The number of rotatable bonds is 6. The number of hydrogen-bond acceptors (Lipinski definition) is 4. The Hall–Kier alpha value is -1.51. The van der Waals surface area contributed by atoms with E-state index >= 15 is 0 Å². The Bertz CT molecular complexity index is 554. The molecule has 0 aromatic carbocycles. The van der Waals surface area contributed by atoms with Crippen LogP contribution in [0.2, 0.25) is 0 Å². The number of carboxylic acids is 1. The van der Waals surface area contributed by atoms with Gasteiger partial charge in [-0.1, -0.05) is 0 Å². The molecule has 98 valence electrons. The van der Waals surface area contributed by atoms with Crippen LogP contribution in [0.25, 0.3) is 0 Å². The summed E-state index contributed by atoms with van der Waals surface area (Å²) in [7, 11) is -3.54. The standard InChI is InChI=1S/C10H13N3O4S/c14-10(15)7-3-4-11-9(5-7)6-12-18(16,17)13-8-1-2-8/h3-5,8,12-13H,1-2,6H2,(H,14,15).